The molecule has 1 atom stereocenters. The van der Waals surface area contributed by atoms with Gasteiger partial charge in [-0.2, -0.15) is 0 Å². The normalized spacial score (nSPS) is 19.9. The number of morpholine rings is 1. The molecule has 4 rings (SSSR count). The minimum absolute atomic E-state index is 0.0152. The molecule has 1 aromatic carbocycles. The monoisotopic (exact) mass is 441 g/mol. The number of hydrogen-bond donors (Lipinski definition) is 0. The predicted octanol–water partition coefficient (Wildman–Crippen LogP) is 3.63. The molecule has 0 bridgehead atoms. The summed E-state index contributed by atoms with van der Waals surface area (Å²) in [5, 5.41) is 0.710. The zero-order valence-corrected chi connectivity index (χ0v) is 18.4. The fourth-order valence-corrected chi connectivity index (χ4v) is 4.37. The van der Waals surface area contributed by atoms with Crippen LogP contribution in [0.15, 0.2) is 42.5 Å². The largest absolute Gasteiger partial charge is 0.368 e. The number of halogens is 1. The fraction of sp³-hybridized carbons (Fsp3) is 0.458. The molecule has 0 unspecified atom stereocenters. The van der Waals surface area contributed by atoms with Gasteiger partial charge in [0.05, 0.1) is 25.4 Å². The van der Waals surface area contributed by atoms with Gasteiger partial charge < -0.3 is 14.5 Å². The smallest absolute Gasteiger partial charge is 0.242 e. The number of likely N-dealkylation sites (tertiary alicyclic amines) is 1. The van der Waals surface area contributed by atoms with Crippen molar-refractivity contribution >= 4 is 23.4 Å². The van der Waals surface area contributed by atoms with Gasteiger partial charge in [0.1, 0.15) is 6.10 Å². The van der Waals surface area contributed by atoms with Crippen molar-refractivity contribution in [3.05, 3.63) is 64.4 Å². The highest BCUT2D eigenvalue weighted by Gasteiger charge is 2.28. The molecule has 2 amide bonds. The van der Waals surface area contributed by atoms with Gasteiger partial charge >= 0.3 is 0 Å². The van der Waals surface area contributed by atoms with Crippen LogP contribution < -0.4 is 0 Å². The molecule has 0 aliphatic carbocycles. The van der Waals surface area contributed by atoms with Crippen LogP contribution in [0, 0.1) is 0 Å². The molecule has 0 radical (unpaired) electrons. The number of aromatic nitrogens is 1. The number of rotatable bonds is 5. The molecule has 2 aromatic rings. The molecule has 2 saturated heterocycles. The number of benzene rings is 1. The average Bonchev–Trinajstić information content (AvgIpc) is 2.98. The highest BCUT2D eigenvalue weighted by Crippen LogP contribution is 2.22. The molecule has 164 valence electrons. The second-order valence-electron chi connectivity index (χ2n) is 8.19. The topological polar surface area (TPSA) is 62.7 Å². The summed E-state index contributed by atoms with van der Waals surface area (Å²) in [7, 11) is 0. The van der Waals surface area contributed by atoms with Gasteiger partial charge in [-0.25, -0.2) is 0 Å². The maximum Gasteiger partial charge on any atom is 0.242 e. The van der Waals surface area contributed by atoms with Gasteiger partial charge in [-0.1, -0.05) is 36.2 Å². The van der Waals surface area contributed by atoms with Gasteiger partial charge in [0.25, 0.3) is 0 Å². The van der Waals surface area contributed by atoms with Crippen molar-refractivity contribution in [3.63, 3.8) is 0 Å². The molecule has 3 heterocycles. The first-order chi connectivity index (χ1) is 15.1. The number of hydrogen-bond acceptors (Lipinski definition) is 4. The summed E-state index contributed by atoms with van der Waals surface area (Å²) in [6.45, 7) is 2.29. The summed E-state index contributed by atoms with van der Waals surface area (Å²) < 4.78 is 5.94. The van der Waals surface area contributed by atoms with Crippen LogP contribution in [0.1, 0.15) is 48.7 Å². The Bertz CT molecular complexity index is 936. The zero-order valence-electron chi connectivity index (χ0n) is 17.6. The molecular weight excluding hydrogens is 414 g/mol. The van der Waals surface area contributed by atoms with E-state index in [0.29, 0.717) is 44.1 Å². The van der Waals surface area contributed by atoms with Gasteiger partial charge in [-0.05, 0) is 42.7 Å². The van der Waals surface area contributed by atoms with Gasteiger partial charge in [0.2, 0.25) is 11.8 Å². The number of ether oxygens (including phenoxy) is 1. The van der Waals surface area contributed by atoms with E-state index in [1.807, 2.05) is 42.5 Å². The minimum atomic E-state index is -0.267. The van der Waals surface area contributed by atoms with E-state index < -0.39 is 0 Å². The summed E-state index contributed by atoms with van der Waals surface area (Å²) in [6.07, 6.45) is 3.89. The average molecular weight is 442 g/mol. The van der Waals surface area contributed by atoms with Crippen LogP contribution in [0.4, 0.5) is 0 Å². The van der Waals surface area contributed by atoms with E-state index in [0.717, 1.165) is 36.2 Å². The molecule has 2 fully saturated rings. The Morgan fingerprint density at radius 3 is 2.87 bits per heavy atom. The Hall–Kier alpha value is -2.44. The Labute approximate surface area is 188 Å². The third kappa shape index (κ3) is 5.83. The predicted molar refractivity (Wildman–Crippen MR) is 119 cm³/mol. The molecule has 6 nitrogen and oxygen atoms in total. The summed E-state index contributed by atoms with van der Waals surface area (Å²) in [5.41, 5.74) is 2.85. The maximum atomic E-state index is 12.9. The Kier molecular flexibility index (Phi) is 7.20. The third-order valence-corrected chi connectivity index (χ3v) is 6.08. The molecule has 31 heavy (non-hydrogen) atoms. The standard InChI is InChI=1S/C24H28ClN3O3/c25-19-7-4-6-18(14-19)15-20-8-5-9-21(26-20)22-16-28(12-13-31-22)24(30)17-27-11-3-1-2-10-23(27)29/h4-9,14,22H,1-3,10-13,15-17H2/t22-/m0/s1. The van der Waals surface area contributed by atoms with Crippen LogP contribution in [-0.2, 0) is 20.7 Å². The van der Waals surface area contributed by atoms with E-state index in [1.165, 1.54) is 0 Å². The van der Waals surface area contributed by atoms with Crippen molar-refractivity contribution in [3.8, 4) is 0 Å². The number of carbonyl (C=O) groups excluding carboxylic acids is 2. The molecule has 2 aliphatic rings. The van der Waals surface area contributed by atoms with Crippen molar-refractivity contribution < 1.29 is 14.3 Å². The van der Waals surface area contributed by atoms with Crippen LogP contribution in [-0.4, -0.2) is 59.4 Å². The lowest BCUT2D eigenvalue weighted by molar-refractivity contribution is -0.145. The van der Waals surface area contributed by atoms with Gasteiger partial charge in [0.15, 0.2) is 0 Å². The molecular formula is C24H28ClN3O3. The van der Waals surface area contributed by atoms with Crippen molar-refractivity contribution in [2.75, 3.05) is 32.8 Å². The quantitative estimate of drug-likeness (QED) is 0.710. The Morgan fingerprint density at radius 2 is 2.00 bits per heavy atom. The first-order valence-corrected chi connectivity index (χ1v) is 11.3. The zero-order chi connectivity index (χ0) is 21.6. The molecule has 7 heteroatoms. The van der Waals surface area contributed by atoms with Crippen molar-refractivity contribution in [2.24, 2.45) is 0 Å². The summed E-state index contributed by atoms with van der Waals surface area (Å²) in [5.74, 6) is 0.0738. The maximum absolute atomic E-state index is 12.9. The Balaban J connectivity index is 1.40. The van der Waals surface area contributed by atoms with Crippen LogP contribution >= 0.6 is 11.6 Å². The van der Waals surface area contributed by atoms with E-state index in [-0.39, 0.29) is 24.5 Å². The van der Waals surface area contributed by atoms with Crippen molar-refractivity contribution in [2.45, 2.75) is 38.2 Å². The lowest BCUT2D eigenvalue weighted by Gasteiger charge is -2.34. The van der Waals surface area contributed by atoms with E-state index in [9.17, 15) is 9.59 Å². The highest BCUT2D eigenvalue weighted by atomic mass is 35.5. The summed E-state index contributed by atoms with van der Waals surface area (Å²) in [6, 6.07) is 13.7. The minimum Gasteiger partial charge on any atom is -0.368 e. The lowest BCUT2D eigenvalue weighted by atomic mass is 10.1. The van der Waals surface area contributed by atoms with E-state index in [4.69, 9.17) is 21.3 Å². The first-order valence-electron chi connectivity index (χ1n) is 11.0. The summed E-state index contributed by atoms with van der Waals surface area (Å²) in [4.78, 5) is 33.4. The van der Waals surface area contributed by atoms with E-state index in [1.54, 1.807) is 9.80 Å². The third-order valence-electron chi connectivity index (χ3n) is 5.85. The van der Waals surface area contributed by atoms with Crippen LogP contribution in [0.5, 0.6) is 0 Å². The van der Waals surface area contributed by atoms with Crippen LogP contribution in [0.2, 0.25) is 5.02 Å². The fourth-order valence-electron chi connectivity index (χ4n) is 4.16. The highest BCUT2D eigenvalue weighted by molar-refractivity contribution is 6.30. The van der Waals surface area contributed by atoms with Gasteiger partial charge in [-0.3, -0.25) is 14.6 Å². The second-order valence-corrected chi connectivity index (χ2v) is 8.62. The molecule has 0 spiro atoms. The Morgan fingerprint density at radius 1 is 1.13 bits per heavy atom. The van der Waals surface area contributed by atoms with E-state index >= 15 is 0 Å². The molecule has 2 aliphatic heterocycles. The van der Waals surface area contributed by atoms with Gasteiger partial charge in [0, 0.05) is 36.6 Å². The summed E-state index contributed by atoms with van der Waals surface area (Å²) >= 11 is 6.10. The number of pyridine rings is 1. The number of nitrogens with zero attached hydrogens (tertiary/aromatic N) is 3. The molecule has 0 saturated carbocycles. The number of carbonyl (C=O) groups is 2. The second kappa shape index (κ2) is 10.2. The first kappa shape index (κ1) is 21.8. The molecule has 0 N–H and O–H groups in total. The van der Waals surface area contributed by atoms with Gasteiger partial charge in [-0.15, -0.1) is 0 Å². The SMILES string of the molecule is O=C1CCCCCN1CC(=O)N1CCO[C@H](c2cccc(Cc3cccc(Cl)c3)n2)C1. The van der Waals surface area contributed by atoms with Crippen molar-refractivity contribution in [1.82, 2.24) is 14.8 Å². The van der Waals surface area contributed by atoms with E-state index in [2.05, 4.69) is 0 Å². The molecule has 1 aromatic heterocycles. The van der Waals surface area contributed by atoms with Crippen molar-refractivity contribution in [1.29, 1.82) is 0 Å². The van der Waals surface area contributed by atoms with Crippen LogP contribution in [0.25, 0.3) is 0 Å². The van der Waals surface area contributed by atoms with Crippen LogP contribution in [0.3, 0.4) is 0 Å². The number of amides is 2. The lowest BCUT2D eigenvalue weighted by Crippen LogP contribution is -2.47.